The van der Waals surface area contributed by atoms with E-state index in [4.69, 9.17) is 0 Å². The lowest BCUT2D eigenvalue weighted by Crippen LogP contribution is -2.08. The minimum absolute atomic E-state index is 0.169. The molecule has 3 nitrogen and oxygen atoms in total. The van der Waals surface area contributed by atoms with Gasteiger partial charge in [-0.1, -0.05) is 18.2 Å². The Morgan fingerprint density at radius 2 is 2.05 bits per heavy atom. The summed E-state index contributed by atoms with van der Waals surface area (Å²) in [7, 11) is 0. The average molecular weight is 359 g/mol. The fourth-order valence-corrected chi connectivity index (χ4v) is 3.28. The summed E-state index contributed by atoms with van der Waals surface area (Å²) in [6, 6.07) is 13.5. The lowest BCUT2D eigenvalue weighted by Gasteiger charge is -2.05. The molecule has 2 aromatic heterocycles. The van der Waals surface area contributed by atoms with Gasteiger partial charge in [-0.15, -0.1) is 11.3 Å². The van der Waals surface area contributed by atoms with Crippen molar-refractivity contribution in [2.24, 2.45) is 0 Å². The van der Waals surface area contributed by atoms with Crippen molar-refractivity contribution in [3.8, 4) is 0 Å². The predicted molar refractivity (Wildman–Crippen MR) is 91.4 cm³/mol. The smallest absolute Gasteiger partial charge is 0.248 e. The van der Waals surface area contributed by atoms with Gasteiger partial charge in [0.05, 0.1) is 15.0 Å². The molecule has 1 aromatic carbocycles. The number of carbonyl (C=O) groups is 1. The molecule has 1 amide bonds. The minimum atomic E-state index is -0.169. The number of hydrogen-bond donors (Lipinski definition) is 1. The van der Waals surface area contributed by atoms with Crippen molar-refractivity contribution < 1.29 is 4.79 Å². The van der Waals surface area contributed by atoms with E-state index in [-0.39, 0.29) is 5.91 Å². The molecule has 0 spiro atoms. The fourth-order valence-electron chi connectivity index (χ4n) is 1.96. The van der Waals surface area contributed by atoms with Crippen molar-refractivity contribution in [1.29, 1.82) is 0 Å². The lowest BCUT2D eigenvalue weighted by atomic mass is 10.2. The standard InChI is InChI=1S/C16H11BrN2OS/c17-14-8-6-12(21-14)7-9-15(20)19-13-5-1-3-11-4-2-10-18-16(11)13/h1-10H,(H,19,20)/b9-7+. The number of benzene rings is 1. The number of pyridine rings is 1. The Kier molecular flexibility index (Phi) is 4.13. The van der Waals surface area contributed by atoms with Gasteiger partial charge in [-0.2, -0.15) is 0 Å². The summed E-state index contributed by atoms with van der Waals surface area (Å²) in [6.45, 7) is 0. The van der Waals surface area contributed by atoms with E-state index in [1.54, 1.807) is 23.6 Å². The van der Waals surface area contributed by atoms with Gasteiger partial charge >= 0.3 is 0 Å². The van der Waals surface area contributed by atoms with E-state index in [1.165, 1.54) is 6.08 Å². The van der Waals surface area contributed by atoms with E-state index in [2.05, 4.69) is 26.2 Å². The zero-order chi connectivity index (χ0) is 14.7. The number of halogens is 1. The van der Waals surface area contributed by atoms with Crippen molar-refractivity contribution in [1.82, 2.24) is 4.98 Å². The number of fused-ring (bicyclic) bond motifs is 1. The molecule has 3 rings (SSSR count). The van der Waals surface area contributed by atoms with Gasteiger partial charge in [-0.3, -0.25) is 9.78 Å². The first-order valence-corrected chi connectivity index (χ1v) is 7.91. The van der Waals surface area contributed by atoms with E-state index in [0.717, 1.165) is 25.3 Å². The molecular formula is C16H11BrN2OS. The third-order valence-electron chi connectivity index (χ3n) is 2.88. The Morgan fingerprint density at radius 3 is 2.86 bits per heavy atom. The van der Waals surface area contributed by atoms with Gasteiger partial charge in [0.25, 0.3) is 0 Å². The predicted octanol–water partition coefficient (Wildman–Crippen LogP) is 4.71. The molecule has 1 N–H and O–H groups in total. The molecule has 3 aromatic rings. The number of anilines is 1. The van der Waals surface area contributed by atoms with E-state index < -0.39 is 0 Å². The summed E-state index contributed by atoms with van der Waals surface area (Å²) >= 11 is 4.97. The fraction of sp³-hybridized carbons (Fsp3) is 0. The Hall–Kier alpha value is -1.98. The normalized spacial score (nSPS) is 11.1. The zero-order valence-corrected chi connectivity index (χ0v) is 13.3. The molecule has 0 fully saturated rings. The van der Waals surface area contributed by atoms with Crippen LogP contribution in [0.1, 0.15) is 4.88 Å². The molecule has 2 heterocycles. The Labute approximate surface area is 134 Å². The lowest BCUT2D eigenvalue weighted by molar-refractivity contribution is -0.111. The van der Waals surface area contributed by atoms with E-state index in [0.29, 0.717) is 0 Å². The molecule has 0 radical (unpaired) electrons. The van der Waals surface area contributed by atoms with Crippen LogP contribution in [0.2, 0.25) is 0 Å². The Morgan fingerprint density at radius 1 is 1.19 bits per heavy atom. The van der Waals surface area contributed by atoms with Crippen LogP contribution in [-0.2, 0) is 4.79 Å². The first kappa shape index (κ1) is 14.0. The summed E-state index contributed by atoms with van der Waals surface area (Å²) in [5, 5.41) is 3.87. The first-order chi connectivity index (χ1) is 10.2. The van der Waals surface area contributed by atoms with Gasteiger partial charge in [0, 0.05) is 22.5 Å². The summed E-state index contributed by atoms with van der Waals surface area (Å²) in [5.74, 6) is -0.169. The van der Waals surface area contributed by atoms with Crippen molar-refractivity contribution in [2.75, 3.05) is 5.32 Å². The monoisotopic (exact) mass is 358 g/mol. The molecule has 0 saturated heterocycles. The van der Waals surface area contributed by atoms with Gasteiger partial charge in [0.1, 0.15) is 0 Å². The molecule has 21 heavy (non-hydrogen) atoms. The Bertz CT molecular complexity index is 821. The number of aromatic nitrogens is 1. The molecule has 0 atom stereocenters. The van der Waals surface area contributed by atoms with Gasteiger partial charge in [-0.05, 0) is 46.3 Å². The van der Waals surface area contributed by atoms with Gasteiger partial charge in [0.15, 0.2) is 0 Å². The van der Waals surface area contributed by atoms with Crippen LogP contribution < -0.4 is 5.32 Å². The highest BCUT2D eigenvalue weighted by Gasteiger charge is 2.04. The number of hydrogen-bond acceptors (Lipinski definition) is 3. The van der Waals surface area contributed by atoms with Crippen molar-refractivity contribution in [2.45, 2.75) is 0 Å². The van der Waals surface area contributed by atoms with Crippen LogP contribution >= 0.6 is 27.3 Å². The number of carbonyl (C=O) groups excluding carboxylic acids is 1. The summed E-state index contributed by atoms with van der Waals surface area (Å²) in [4.78, 5) is 17.3. The molecule has 0 saturated carbocycles. The van der Waals surface area contributed by atoms with Crippen LogP contribution in [0.15, 0.2) is 58.5 Å². The van der Waals surface area contributed by atoms with Crippen molar-refractivity contribution in [3.05, 3.63) is 63.4 Å². The number of amides is 1. The summed E-state index contributed by atoms with van der Waals surface area (Å²) in [6.07, 6.45) is 5.04. The second kappa shape index (κ2) is 6.20. The molecule has 0 aliphatic carbocycles. The van der Waals surface area contributed by atoms with Gasteiger partial charge in [-0.25, -0.2) is 0 Å². The van der Waals surface area contributed by atoms with E-state index in [9.17, 15) is 4.79 Å². The highest BCUT2D eigenvalue weighted by Crippen LogP contribution is 2.23. The number of nitrogens with one attached hydrogen (secondary N) is 1. The quantitative estimate of drug-likeness (QED) is 0.688. The number of thiophene rings is 1. The van der Waals surface area contributed by atoms with Crippen LogP contribution in [-0.4, -0.2) is 10.9 Å². The maximum absolute atomic E-state index is 12.0. The van der Waals surface area contributed by atoms with Crippen LogP contribution in [0.3, 0.4) is 0 Å². The van der Waals surface area contributed by atoms with Crippen molar-refractivity contribution in [3.63, 3.8) is 0 Å². The molecule has 0 aliphatic rings. The highest BCUT2D eigenvalue weighted by atomic mass is 79.9. The highest BCUT2D eigenvalue weighted by molar-refractivity contribution is 9.11. The van der Waals surface area contributed by atoms with E-state index >= 15 is 0 Å². The molecule has 5 heteroatoms. The van der Waals surface area contributed by atoms with E-state index in [1.807, 2.05) is 42.5 Å². The number of para-hydroxylation sites is 1. The minimum Gasteiger partial charge on any atom is -0.321 e. The third kappa shape index (κ3) is 3.37. The summed E-state index contributed by atoms with van der Waals surface area (Å²) in [5.41, 5.74) is 1.51. The van der Waals surface area contributed by atoms with Gasteiger partial charge < -0.3 is 5.32 Å². The maximum Gasteiger partial charge on any atom is 0.248 e. The molecule has 0 aliphatic heterocycles. The largest absolute Gasteiger partial charge is 0.321 e. The zero-order valence-electron chi connectivity index (χ0n) is 10.9. The molecule has 0 unspecified atom stereocenters. The average Bonchev–Trinajstić information content (AvgIpc) is 2.91. The topological polar surface area (TPSA) is 42.0 Å². The molecule has 104 valence electrons. The number of nitrogens with zero attached hydrogens (tertiary/aromatic N) is 1. The maximum atomic E-state index is 12.0. The van der Waals surface area contributed by atoms with Crippen molar-refractivity contribution >= 4 is 55.8 Å². The van der Waals surface area contributed by atoms with Crippen LogP contribution in [0, 0.1) is 0 Å². The SMILES string of the molecule is O=C(/C=C/c1ccc(Br)s1)Nc1cccc2cccnc12. The number of rotatable bonds is 3. The molecular weight excluding hydrogens is 348 g/mol. The van der Waals surface area contributed by atoms with Gasteiger partial charge in [0.2, 0.25) is 5.91 Å². The second-order valence-corrected chi connectivity index (χ2v) is 6.84. The van der Waals surface area contributed by atoms with Crippen LogP contribution in [0.25, 0.3) is 17.0 Å². The third-order valence-corrected chi connectivity index (χ3v) is 4.47. The molecule has 0 bridgehead atoms. The summed E-state index contributed by atoms with van der Waals surface area (Å²) < 4.78 is 1.04. The second-order valence-electron chi connectivity index (χ2n) is 4.35. The van der Waals surface area contributed by atoms with Crippen LogP contribution in [0.5, 0.6) is 0 Å². The Balaban J connectivity index is 1.79. The first-order valence-electron chi connectivity index (χ1n) is 6.30. The van der Waals surface area contributed by atoms with Crippen LogP contribution in [0.4, 0.5) is 5.69 Å².